The monoisotopic (exact) mass is 296 g/mol. The van der Waals surface area contributed by atoms with Crippen LogP contribution in [0.4, 0.5) is 0 Å². The molecular weight excluding hydrogens is 268 g/mol. The number of hydrogen-bond acceptors (Lipinski definition) is 1. The van der Waals surface area contributed by atoms with E-state index in [9.17, 15) is 4.79 Å². The van der Waals surface area contributed by atoms with Crippen molar-refractivity contribution in [2.45, 2.75) is 65.2 Å². The van der Waals surface area contributed by atoms with Gasteiger partial charge in [-0.25, -0.2) is 0 Å². The lowest BCUT2D eigenvalue weighted by Gasteiger charge is -2.59. The van der Waals surface area contributed by atoms with Gasteiger partial charge in [-0.05, 0) is 67.6 Å². The van der Waals surface area contributed by atoms with Crippen LogP contribution < -0.4 is 0 Å². The number of carbonyl (C=O) groups is 1. The molecule has 0 heterocycles. The van der Waals surface area contributed by atoms with E-state index in [2.05, 4.69) is 25.8 Å². The standard InChI is InChI=1S/C21H28O/c1-4-14-6-8-18-17-7-5-15-13-16(22)9-11-21(15,3)19(17)10-12-20(14,18)2/h1,6,15,17-19H,5,7-13H2,2-3H3/t15-,17?,18?,19?,20-,21+/m1/s1. The Morgan fingerprint density at radius 3 is 2.77 bits per heavy atom. The molecule has 0 aromatic carbocycles. The van der Waals surface area contributed by atoms with Crippen molar-refractivity contribution in [2.75, 3.05) is 0 Å². The Bertz CT molecular complexity index is 579. The molecule has 6 atom stereocenters. The maximum atomic E-state index is 11.9. The first-order valence-corrected chi connectivity index (χ1v) is 9.18. The topological polar surface area (TPSA) is 17.1 Å². The highest BCUT2D eigenvalue weighted by molar-refractivity contribution is 5.79. The molecule has 0 N–H and O–H groups in total. The number of Topliss-reactive ketones (excluding diaryl/α,β-unsaturated/α-hetero) is 1. The van der Waals surface area contributed by atoms with Crippen molar-refractivity contribution in [1.82, 2.24) is 0 Å². The van der Waals surface area contributed by atoms with Crippen LogP contribution >= 0.6 is 0 Å². The third-order valence-electron chi connectivity index (χ3n) is 8.22. The smallest absolute Gasteiger partial charge is 0.133 e. The van der Waals surface area contributed by atoms with E-state index in [1.54, 1.807) is 0 Å². The van der Waals surface area contributed by atoms with Crippen LogP contribution in [0.25, 0.3) is 0 Å². The minimum atomic E-state index is 0.267. The summed E-state index contributed by atoms with van der Waals surface area (Å²) in [5, 5.41) is 0. The fraction of sp³-hybridized carbons (Fsp3) is 0.762. The molecule has 1 heteroatoms. The summed E-state index contributed by atoms with van der Waals surface area (Å²) in [4.78, 5) is 11.9. The van der Waals surface area contributed by atoms with Gasteiger partial charge in [0, 0.05) is 23.8 Å². The van der Waals surface area contributed by atoms with Crippen LogP contribution in [0.3, 0.4) is 0 Å². The minimum Gasteiger partial charge on any atom is -0.300 e. The summed E-state index contributed by atoms with van der Waals surface area (Å²) in [5.41, 5.74) is 1.96. The predicted molar refractivity (Wildman–Crippen MR) is 89.0 cm³/mol. The van der Waals surface area contributed by atoms with Crippen molar-refractivity contribution in [2.24, 2.45) is 34.5 Å². The Morgan fingerprint density at radius 2 is 2.00 bits per heavy atom. The maximum absolute atomic E-state index is 11.9. The van der Waals surface area contributed by atoms with Crippen LogP contribution in [0, 0.1) is 46.8 Å². The molecule has 118 valence electrons. The number of rotatable bonds is 0. The number of hydrogen-bond donors (Lipinski definition) is 0. The molecule has 0 aliphatic heterocycles. The molecule has 0 amide bonds. The zero-order valence-corrected chi connectivity index (χ0v) is 14.0. The zero-order chi connectivity index (χ0) is 15.5. The van der Waals surface area contributed by atoms with E-state index in [1.807, 2.05) is 0 Å². The van der Waals surface area contributed by atoms with Gasteiger partial charge in [-0.2, -0.15) is 0 Å². The second kappa shape index (κ2) is 4.73. The molecule has 4 aliphatic carbocycles. The minimum absolute atomic E-state index is 0.267. The van der Waals surface area contributed by atoms with Gasteiger partial charge in [-0.15, -0.1) is 6.42 Å². The third kappa shape index (κ3) is 1.76. The molecule has 3 fully saturated rings. The first-order chi connectivity index (χ1) is 10.5. The first-order valence-electron chi connectivity index (χ1n) is 9.18. The second-order valence-electron chi connectivity index (χ2n) is 8.85. The van der Waals surface area contributed by atoms with E-state index in [0.29, 0.717) is 17.1 Å². The molecule has 0 saturated heterocycles. The average molecular weight is 296 g/mol. The van der Waals surface area contributed by atoms with Gasteiger partial charge in [0.1, 0.15) is 5.78 Å². The van der Waals surface area contributed by atoms with Crippen LogP contribution in [0.5, 0.6) is 0 Å². The van der Waals surface area contributed by atoms with Crippen molar-refractivity contribution >= 4 is 5.78 Å². The van der Waals surface area contributed by atoms with Crippen LogP contribution in [0.1, 0.15) is 65.2 Å². The van der Waals surface area contributed by atoms with Crippen molar-refractivity contribution in [3.8, 4) is 12.3 Å². The first kappa shape index (κ1) is 14.6. The van der Waals surface area contributed by atoms with Gasteiger partial charge in [-0.3, -0.25) is 4.79 Å². The summed E-state index contributed by atoms with van der Waals surface area (Å²) in [7, 11) is 0. The lowest BCUT2D eigenvalue weighted by atomic mass is 9.45. The normalized spacial score (nSPS) is 50.4. The van der Waals surface area contributed by atoms with Crippen molar-refractivity contribution < 1.29 is 4.79 Å². The van der Waals surface area contributed by atoms with E-state index in [1.165, 1.54) is 37.7 Å². The highest BCUT2D eigenvalue weighted by atomic mass is 16.1. The zero-order valence-electron chi connectivity index (χ0n) is 14.0. The Balaban J connectivity index is 1.64. The summed E-state index contributed by atoms with van der Waals surface area (Å²) in [6, 6.07) is 0. The third-order valence-corrected chi connectivity index (χ3v) is 8.22. The molecule has 4 aliphatic rings. The lowest BCUT2D eigenvalue weighted by Crippen LogP contribution is -2.53. The lowest BCUT2D eigenvalue weighted by molar-refractivity contribution is -0.136. The highest BCUT2D eigenvalue weighted by Crippen LogP contribution is 2.65. The SMILES string of the molecule is C#CC1=CCC2C3CC[C@@H]4CC(=O)CC[C@]4(C)C3CC[C@]12C. The molecule has 4 rings (SSSR count). The Hall–Kier alpha value is -1.03. The molecule has 0 bridgehead atoms. The molecule has 0 spiro atoms. The van der Waals surface area contributed by atoms with Gasteiger partial charge >= 0.3 is 0 Å². The summed E-state index contributed by atoms with van der Waals surface area (Å²) in [6.07, 6.45) is 17.3. The molecule has 22 heavy (non-hydrogen) atoms. The number of carbonyl (C=O) groups excluding carboxylic acids is 1. The van der Waals surface area contributed by atoms with Crippen molar-refractivity contribution in [1.29, 1.82) is 0 Å². The van der Waals surface area contributed by atoms with Crippen LogP contribution in [-0.2, 0) is 4.79 Å². The summed E-state index contributed by atoms with van der Waals surface area (Å²) >= 11 is 0. The largest absolute Gasteiger partial charge is 0.300 e. The van der Waals surface area contributed by atoms with E-state index < -0.39 is 0 Å². The second-order valence-corrected chi connectivity index (χ2v) is 8.85. The molecule has 3 saturated carbocycles. The van der Waals surface area contributed by atoms with Crippen LogP contribution in [-0.4, -0.2) is 5.78 Å². The Labute approximate surface area is 134 Å². The average Bonchev–Trinajstić information content (AvgIpc) is 2.84. The van der Waals surface area contributed by atoms with Gasteiger partial charge in [0.05, 0.1) is 0 Å². The number of terminal acetylenes is 1. The van der Waals surface area contributed by atoms with Gasteiger partial charge < -0.3 is 0 Å². The summed E-state index contributed by atoms with van der Waals surface area (Å²) < 4.78 is 0. The maximum Gasteiger partial charge on any atom is 0.133 e. The van der Waals surface area contributed by atoms with E-state index in [-0.39, 0.29) is 5.41 Å². The summed E-state index contributed by atoms with van der Waals surface area (Å²) in [5.74, 6) is 6.56. The molecule has 0 aromatic heterocycles. The molecule has 3 unspecified atom stereocenters. The Morgan fingerprint density at radius 1 is 1.18 bits per heavy atom. The number of fused-ring (bicyclic) bond motifs is 5. The molecular formula is C21H28O. The number of allylic oxidation sites excluding steroid dienone is 2. The highest BCUT2D eigenvalue weighted by Gasteiger charge is 2.58. The fourth-order valence-electron chi connectivity index (χ4n) is 6.84. The van der Waals surface area contributed by atoms with E-state index in [0.717, 1.165) is 37.0 Å². The van der Waals surface area contributed by atoms with E-state index in [4.69, 9.17) is 6.42 Å². The molecule has 1 nitrogen and oxygen atoms in total. The van der Waals surface area contributed by atoms with Crippen LogP contribution in [0.15, 0.2) is 11.6 Å². The summed E-state index contributed by atoms with van der Waals surface area (Å²) in [6.45, 7) is 4.93. The fourth-order valence-corrected chi connectivity index (χ4v) is 6.84. The Kier molecular flexibility index (Phi) is 3.13. The molecule has 0 aromatic rings. The van der Waals surface area contributed by atoms with Crippen LogP contribution in [0.2, 0.25) is 0 Å². The quantitative estimate of drug-likeness (QED) is 0.589. The van der Waals surface area contributed by atoms with Gasteiger partial charge in [0.25, 0.3) is 0 Å². The number of ketones is 1. The van der Waals surface area contributed by atoms with Gasteiger partial charge in [0.2, 0.25) is 0 Å². The van der Waals surface area contributed by atoms with Crippen molar-refractivity contribution in [3.05, 3.63) is 11.6 Å². The van der Waals surface area contributed by atoms with Crippen molar-refractivity contribution in [3.63, 3.8) is 0 Å². The van der Waals surface area contributed by atoms with Gasteiger partial charge in [0.15, 0.2) is 0 Å². The van der Waals surface area contributed by atoms with E-state index >= 15 is 0 Å². The predicted octanol–water partition coefficient (Wildman–Crippen LogP) is 4.77. The van der Waals surface area contributed by atoms with Gasteiger partial charge in [-0.1, -0.05) is 25.8 Å². The molecule has 0 radical (unpaired) electrons.